The monoisotopic (exact) mass is 299 g/mol. The van der Waals surface area contributed by atoms with Gasteiger partial charge in [-0.1, -0.05) is 35.4 Å². The van der Waals surface area contributed by atoms with Gasteiger partial charge >= 0.3 is 0 Å². The fraction of sp³-hybridized carbons (Fsp3) is 0. The summed E-state index contributed by atoms with van der Waals surface area (Å²) in [6.07, 6.45) is 4.40. The Bertz CT molecular complexity index is 609. The summed E-state index contributed by atoms with van der Waals surface area (Å²) >= 11 is 0. The number of fused-ring (bicyclic) bond motifs is 1. The number of pyridine rings is 1. The van der Waals surface area contributed by atoms with Crippen molar-refractivity contribution < 1.29 is 37.2 Å². The van der Waals surface area contributed by atoms with Crippen LogP contribution < -0.4 is 5.32 Å². The van der Waals surface area contributed by atoms with Gasteiger partial charge in [0.15, 0.2) is 11.4 Å². The Kier molecular flexibility index (Phi) is 3.87. The molecule has 0 fully saturated rings. The summed E-state index contributed by atoms with van der Waals surface area (Å²) < 4.78 is 5.18. The van der Waals surface area contributed by atoms with Crippen molar-refractivity contribution in [2.45, 2.75) is 0 Å². The van der Waals surface area contributed by atoms with Crippen molar-refractivity contribution in [3.05, 3.63) is 48.8 Å². The van der Waals surface area contributed by atoms with Crippen molar-refractivity contribution in [3.8, 4) is 0 Å². The topological polar surface area (TPSA) is 51.0 Å². The summed E-state index contributed by atoms with van der Waals surface area (Å²) in [5.74, 6) is 0.698. The van der Waals surface area contributed by atoms with E-state index in [1.54, 1.807) is 12.3 Å². The number of rotatable bonds is 2. The third-order valence-electron chi connectivity index (χ3n) is 2.26. The van der Waals surface area contributed by atoms with E-state index in [0.717, 1.165) is 16.7 Å². The zero-order valence-corrected chi connectivity index (χ0v) is 11.8. The van der Waals surface area contributed by atoms with E-state index in [1.807, 2.05) is 30.3 Å². The zero-order valence-electron chi connectivity index (χ0n) is 8.92. The fourth-order valence-corrected chi connectivity index (χ4v) is 1.51. The number of benzene rings is 1. The van der Waals surface area contributed by atoms with Gasteiger partial charge in [-0.15, -0.1) is 6.07 Å². The Labute approximate surface area is 123 Å². The molecule has 0 aliphatic rings. The van der Waals surface area contributed by atoms with E-state index in [9.17, 15) is 0 Å². The molecule has 0 spiro atoms. The quantitative estimate of drug-likeness (QED) is 0.739. The predicted molar refractivity (Wildman–Crippen MR) is 60.4 cm³/mol. The largest absolute Gasteiger partial charge is 0.392 e. The van der Waals surface area contributed by atoms with Crippen LogP contribution in [0.2, 0.25) is 0 Å². The molecule has 1 aromatic carbocycles. The normalized spacial score (nSPS) is 9.88. The second-order valence-electron chi connectivity index (χ2n) is 3.33. The molecule has 0 aliphatic heterocycles. The molecular formula is C12H8N3OY-. The molecule has 17 heavy (non-hydrogen) atoms. The first kappa shape index (κ1) is 12.2. The molecule has 2 heterocycles. The third kappa shape index (κ3) is 2.53. The summed E-state index contributed by atoms with van der Waals surface area (Å²) in [7, 11) is 0. The molecule has 3 rings (SSSR count). The van der Waals surface area contributed by atoms with Crippen molar-refractivity contribution in [1.29, 1.82) is 0 Å². The van der Waals surface area contributed by atoms with Crippen molar-refractivity contribution in [2.24, 2.45) is 0 Å². The minimum atomic E-state index is 0. The molecule has 0 saturated carbocycles. The molecular weight excluding hydrogens is 291 g/mol. The molecule has 1 N–H and O–H groups in total. The van der Waals surface area contributed by atoms with Crippen molar-refractivity contribution in [2.75, 3.05) is 5.32 Å². The van der Waals surface area contributed by atoms with E-state index < -0.39 is 0 Å². The van der Waals surface area contributed by atoms with Gasteiger partial charge in [0.05, 0.1) is 5.39 Å². The van der Waals surface area contributed by atoms with E-state index in [0.29, 0.717) is 5.82 Å². The van der Waals surface area contributed by atoms with Crippen LogP contribution >= 0.6 is 0 Å². The van der Waals surface area contributed by atoms with Gasteiger partial charge in [0.25, 0.3) is 0 Å². The van der Waals surface area contributed by atoms with Gasteiger partial charge in [0, 0.05) is 32.7 Å². The van der Waals surface area contributed by atoms with Gasteiger partial charge < -0.3 is 14.8 Å². The van der Waals surface area contributed by atoms with Crippen LogP contribution in [0.4, 0.5) is 11.5 Å². The van der Waals surface area contributed by atoms with Crippen LogP contribution in [-0.2, 0) is 32.7 Å². The second kappa shape index (κ2) is 5.38. The van der Waals surface area contributed by atoms with Crippen LogP contribution in [0.25, 0.3) is 11.0 Å². The van der Waals surface area contributed by atoms with Crippen LogP contribution in [0.3, 0.4) is 0 Å². The molecule has 3 aromatic rings. The molecule has 5 heteroatoms. The van der Waals surface area contributed by atoms with Gasteiger partial charge in [0.1, 0.15) is 0 Å². The Morgan fingerprint density at radius 1 is 1.18 bits per heavy atom. The third-order valence-corrected chi connectivity index (χ3v) is 2.26. The van der Waals surface area contributed by atoms with Gasteiger partial charge in [-0.2, -0.15) is 6.07 Å². The molecule has 4 nitrogen and oxygen atoms in total. The number of anilines is 2. The van der Waals surface area contributed by atoms with Crippen LogP contribution in [0.15, 0.2) is 47.1 Å². The Morgan fingerprint density at radius 3 is 2.88 bits per heavy atom. The van der Waals surface area contributed by atoms with E-state index in [4.69, 9.17) is 4.52 Å². The van der Waals surface area contributed by atoms with E-state index >= 15 is 0 Å². The fourth-order valence-electron chi connectivity index (χ4n) is 1.51. The van der Waals surface area contributed by atoms with Gasteiger partial charge in [-0.05, 0) is 12.1 Å². The van der Waals surface area contributed by atoms with Crippen LogP contribution in [0.1, 0.15) is 0 Å². The minimum absolute atomic E-state index is 0. The van der Waals surface area contributed by atoms with Crippen LogP contribution in [0, 0.1) is 6.20 Å². The first-order valence-corrected chi connectivity index (χ1v) is 4.87. The number of hydrogen-bond donors (Lipinski definition) is 1. The molecule has 1 radical (unpaired) electrons. The van der Waals surface area contributed by atoms with Gasteiger partial charge in [0.2, 0.25) is 0 Å². The molecule has 0 atom stereocenters. The zero-order chi connectivity index (χ0) is 10.8. The van der Waals surface area contributed by atoms with E-state index in [2.05, 4.69) is 21.7 Å². The first-order valence-electron chi connectivity index (χ1n) is 4.87. The maximum atomic E-state index is 5.18. The minimum Gasteiger partial charge on any atom is -0.392 e. The molecule has 81 valence electrons. The number of aromatic nitrogens is 2. The standard InChI is InChI=1S/C12H8N3O.Y/c1-2-6-11-10(5-1)12(15-16-11)14-9-4-3-7-13-8-9;/h1-6,8H,(H,14,15);/q-1;. The van der Waals surface area contributed by atoms with E-state index in [1.165, 1.54) is 0 Å². The Balaban J connectivity index is 0.00000108. The summed E-state index contributed by atoms with van der Waals surface area (Å²) in [5.41, 5.74) is 1.62. The average molecular weight is 299 g/mol. The first-order chi connectivity index (χ1) is 7.93. The maximum absolute atomic E-state index is 5.18. The molecule has 2 aromatic heterocycles. The molecule has 0 aliphatic carbocycles. The van der Waals surface area contributed by atoms with Gasteiger partial charge in [-0.25, -0.2) is 0 Å². The van der Waals surface area contributed by atoms with Gasteiger partial charge in [-0.3, -0.25) is 0 Å². The molecule has 0 saturated heterocycles. The number of para-hydroxylation sites is 1. The molecule has 0 amide bonds. The SMILES string of the molecule is [Y].[c-]1ccc(Nc2noc3ccccc23)cn1. The summed E-state index contributed by atoms with van der Waals surface area (Å²) in [4.78, 5) is 3.90. The van der Waals surface area contributed by atoms with Crippen LogP contribution in [-0.4, -0.2) is 10.1 Å². The van der Waals surface area contributed by atoms with Crippen molar-refractivity contribution in [1.82, 2.24) is 10.1 Å². The number of hydrogen-bond acceptors (Lipinski definition) is 4. The number of nitrogens with zero attached hydrogens (tertiary/aromatic N) is 2. The predicted octanol–water partition coefficient (Wildman–Crippen LogP) is 2.76. The maximum Gasteiger partial charge on any atom is 0.180 e. The average Bonchev–Trinajstić information content (AvgIpc) is 2.74. The van der Waals surface area contributed by atoms with E-state index in [-0.39, 0.29) is 32.7 Å². The Hall–Kier alpha value is -1.26. The summed E-state index contributed by atoms with van der Waals surface area (Å²) in [6.45, 7) is 0. The second-order valence-corrected chi connectivity index (χ2v) is 3.33. The summed E-state index contributed by atoms with van der Waals surface area (Å²) in [6, 6.07) is 11.3. The number of nitrogens with one attached hydrogen (secondary N) is 1. The molecule has 0 bridgehead atoms. The van der Waals surface area contributed by atoms with Crippen LogP contribution in [0.5, 0.6) is 0 Å². The van der Waals surface area contributed by atoms with Crippen molar-refractivity contribution in [3.63, 3.8) is 0 Å². The smallest absolute Gasteiger partial charge is 0.180 e. The Morgan fingerprint density at radius 2 is 2.06 bits per heavy atom. The van der Waals surface area contributed by atoms with Crippen molar-refractivity contribution >= 4 is 22.5 Å². The summed E-state index contributed by atoms with van der Waals surface area (Å²) in [5, 5.41) is 8.06. The molecule has 0 unspecified atom stereocenters.